The Morgan fingerprint density at radius 3 is 2.53 bits per heavy atom. The van der Waals surface area contributed by atoms with Crippen LogP contribution in [0.5, 0.6) is 0 Å². The third-order valence-electron chi connectivity index (χ3n) is 1.93. The van der Waals surface area contributed by atoms with Gasteiger partial charge in [0.2, 0.25) is 0 Å². The third-order valence-corrected chi connectivity index (χ3v) is 2.75. The summed E-state index contributed by atoms with van der Waals surface area (Å²) in [4.78, 5) is 4.95. The minimum absolute atomic E-state index is 0.420. The maximum absolute atomic E-state index is 11.3. The van der Waals surface area contributed by atoms with Crippen molar-refractivity contribution in [3.05, 3.63) is 46.5 Å². The van der Waals surface area contributed by atoms with Crippen molar-refractivity contribution < 1.29 is 4.74 Å². The number of amidine groups is 1. The second kappa shape index (κ2) is 3.90. The van der Waals surface area contributed by atoms with Crippen LogP contribution in [-0.2, 0) is 0 Å². The molecule has 0 fully saturated rings. The summed E-state index contributed by atoms with van der Waals surface area (Å²) in [6.07, 6.45) is 1.43. The molecule has 0 spiro atoms. The van der Waals surface area contributed by atoms with Gasteiger partial charge in [-0.2, -0.15) is 0 Å². The second-order valence-corrected chi connectivity index (χ2v) is 4.35. The molecule has 1 heterocycles. The summed E-state index contributed by atoms with van der Waals surface area (Å²) < 4.78 is 0.743. The Hall–Kier alpha value is -1.55. The summed E-state index contributed by atoms with van der Waals surface area (Å²) in [5.74, 6) is 0. The minimum Gasteiger partial charge on any atom is -0.710 e. The van der Waals surface area contributed by atoms with E-state index in [1.807, 2.05) is 31.2 Å². The fourth-order valence-corrected chi connectivity index (χ4v) is 1.85. The van der Waals surface area contributed by atoms with E-state index in [0.717, 1.165) is 15.3 Å². The van der Waals surface area contributed by atoms with E-state index in [1.165, 1.54) is 23.5 Å². The zero-order valence-corrected chi connectivity index (χ0v) is 9.12. The highest BCUT2D eigenvalue weighted by Crippen LogP contribution is 2.23. The van der Waals surface area contributed by atoms with Crippen molar-refractivity contribution in [3.8, 4) is 0 Å². The van der Waals surface area contributed by atoms with Gasteiger partial charge in [0.1, 0.15) is 6.21 Å². The molecule has 0 saturated carbocycles. The lowest BCUT2D eigenvalue weighted by Crippen LogP contribution is -2.04. The standard InChI is InChI=1S/C11H10N2OS/c1-8-3-5-10(6-4-8)12-11-13(14)7-9(2)15-11/h3-7H,2H2,1H3. The third kappa shape index (κ3) is 2.27. The van der Waals surface area contributed by atoms with Gasteiger partial charge in [0.05, 0.1) is 4.91 Å². The second-order valence-electron chi connectivity index (χ2n) is 3.25. The first-order valence-electron chi connectivity index (χ1n) is 4.48. The summed E-state index contributed by atoms with van der Waals surface area (Å²) in [5.41, 5.74) is 1.96. The van der Waals surface area contributed by atoms with Crippen molar-refractivity contribution in [2.75, 3.05) is 0 Å². The average Bonchev–Trinajstić information content (AvgIpc) is 2.49. The van der Waals surface area contributed by atoms with Gasteiger partial charge in [0.15, 0.2) is 5.69 Å². The van der Waals surface area contributed by atoms with E-state index < -0.39 is 0 Å². The number of aliphatic imine (C=N–C) groups is 1. The Morgan fingerprint density at radius 1 is 1.33 bits per heavy atom. The molecule has 1 aromatic carbocycles. The Bertz CT molecular complexity index is 460. The molecular weight excluding hydrogens is 208 g/mol. The molecule has 0 N–H and O–H groups in total. The first-order valence-corrected chi connectivity index (χ1v) is 5.30. The quantitative estimate of drug-likeness (QED) is 0.537. The number of hydrogen-bond acceptors (Lipinski definition) is 3. The molecule has 76 valence electrons. The predicted octanol–water partition coefficient (Wildman–Crippen LogP) is 2.82. The van der Waals surface area contributed by atoms with Crippen LogP contribution in [0.3, 0.4) is 0 Å². The topological polar surface area (TPSA) is 38.4 Å². The predicted molar refractivity (Wildman–Crippen MR) is 64.7 cm³/mol. The number of benzene rings is 1. The molecule has 0 radical (unpaired) electrons. The molecule has 0 aliphatic carbocycles. The number of thioether (sulfide) groups is 1. The van der Waals surface area contributed by atoms with E-state index in [9.17, 15) is 5.21 Å². The van der Waals surface area contributed by atoms with Crippen LogP contribution >= 0.6 is 11.8 Å². The molecule has 0 unspecified atom stereocenters. The van der Waals surface area contributed by atoms with Gasteiger partial charge in [0, 0.05) is 11.8 Å². The van der Waals surface area contributed by atoms with Gasteiger partial charge >= 0.3 is 5.17 Å². The highest BCUT2D eigenvalue weighted by Gasteiger charge is 2.19. The average molecular weight is 218 g/mol. The maximum atomic E-state index is 11.3. The van der Waals surface area contributed by atoms with Gasteiger partial charge in [0.25, 0.3) is 0 Å². The van der Waals surface area contributed by atoms with Gasteiger partial charge in [-0.3, -0.25) is 0 Å². The van der Waals surface area contributed by atoms with Crippen molar-refractivity contribution in [1.82, 2.24) is 0 Å². The molecule has 1 aromatic rings. The van der Waals surface area contributed by atoms with E-state index in [4.69, 9.17) is 0 Å². The summed E-state index contributed by atoms with van der Waals surface area (Å²) in [5, 5.41) is 11.7. The Kier molecular flexibility index (Phi) is 2.60. The number of aryl methyl sites for hydroxylation is 1. The summed E-state index contributed by atoms with van der Waals surface area (Å²) in [6, 6.07) is 7.70. The number of nitrogens with zero attached hydrogens (tertiary/aromatic N) is 2. The Morgan fingerprint density at radius 2 is 2.00 bits per heavy atom. The lowest BCUT2D eigenvalue weighted by atomic mass is 10.2. The highest BCUT2D eigenvalue weighted by atomic mass is 32.2. The Labute approximate surface area is 92.4 Å². The van der Waals surface area contributed by atoms with E-state index >= 15 is 0 Å². The van der Waals surface area contributed by atoms with Crippen molar-refractivity contribution in [1.29, 1.82) is 0 Å². The molecule has 0 atom stereocenters. The highest BCUT2D eigenvalue weighted by molar-refractivity contribution is 8.17. The van der Waals surface area contributed by atoms with Gasteiger partial charge in [-0.05, 0) is 24.0 Å². The summed E-state index contributed by atoms with van der Waals surface area (Å²) in [6.45, 7) is 5.71. The van der Waals surface area contributed by atoms with Crippen LogP contribution in [-0.4, -0.2) is 16.1 Å². The van der Waals surface area contributed by atoms with Crippen LogP contribution in [0.15, 0.2) is 40.7 Å². The molecule has 1 aliphatic rings. The maximum Gasteiger partial charge on any atom is 0.367 e. The van der Waals surface area contributed by atoms with Gasteiger partial charge < -0.3 is 5.21 Å². The SMILES string of the molecule is C=C1C=[N+]([O-])C(=Nc2ccc(C)cc2)S1. The zero-order valence-electron chi connectivity index (χ0n) is 8.30. The zero-order chi connectivity index (χ0) is 10.8. The number of hydroxylamine groups is 1. The molecule has 0 saturated heterocycles. The molecule has 0 amide bonds. The van der Waals surface area contributed by atoms with Crippen molar-refractivity contribution >= 4 is 28.8 Å². The van der Waals surface area contributed by atoms with E-state index in [-0.39, 0.29) is 0 Å². The van der Waals surface area contributed by atoms with Crippen LogP contribution in [0, 0.1) is 12.1 Å². The van der Waals surface area contributed by atoms with Crippen molar-refractivity contribution in [2.24, 2.45) is 4.99 Å². The fourth-order valence-electron chi connectivity index (χ4n) is 1.18. The van der Waals surface area contributed by atoms with Gasteiger partial charge in [-0.25, -0.2) is 4.74 Å². The summed E-state index contributed by atoms with van der Waals surface area (Å²) in [7, 11) is 0. The molecule has 4 heteroatoms. The lowest BCUT2D eigenvalue weighted by Gasteiger charge is -1.98. The Balaban J connectivity index is 2.28. The first kappa shape index (κ1) is 9.98. The van der Waals surface area contributed by atoms with E-state index in [1.54, 1.807) is 0 Å². The van der Waals surface area contributed by atoms with E-state index in [0.29, 0.717) is 5.17 Å². The summed E-state index contributed by atoms with van der Waals surface area (Å²) >= 11 is 1.29. The molecule has 15 heavy (non-hydrogen) atoms. The molecular formula is C11H10N2OS. The van der Waals surface area contributed by atoms with Crippen molar-refractivity contribution in [3.63, 3.8) is 0 Å². The van der Waals surface area contributed by atoms with Crippen LogP contribution in [0.1, 0.15) is 5.56 Å². The first-order chi connectivity index (χ1) is 7.15. The van der Waals surface area contributed by atoms with Crippen LogP contribution in [0.25, 0.3) is 0 Å². The molecule has 2 rings (SSSR count). The lowest BCUT2D eigenvalue weighted by molar-refractivity contribution is -0.309. The van der Waals surface area contributed by atoms with Crippen LogP contribution in [0.2, 0.25) is 0 Å². The van der Waals surface area contributed by atoms with Crippen LogP contribution < -0.4 is 0 Å². The normalized spacial score (nSPS) is 18.3. The van der Waals surface area contributed by atoms with Crippen LogP contribution in [0.4, 0.5) is 5.69 Å². The molecule has 0 bridgehead atoms. The number of allylic oxidation sites excluding steroid dienone is 1. The molecule has 0 aromatic heterocycles. The molecule has 1 aliphatic heterocycles. The monoisotopic (exact) mass is 218 g/mol. The fraction of sp³-hybridized carbons (Fsp3) is 0.0909. The smallest absolute Gasteiger partial charge is 0.367 e. The van der Waals surface area contributed by atoms with E-state index in [2.05, 4.69) is 11.6 Å². The largest absolute Gasteiger partial charge is 0.710 e. The van der Waals surface area contributed by atoms with Gasteiger partial charge in [-0.15, -0.1) is 0 Å². The molecule has 3 nitrogen and oxygen atoms in total. The number of hydrogen-bond donors (Lipinski definition) is 0. The minimum atomic E-state index is 0.420. The van der Waals surface area contributed by atoms with Crippen molar-refractivity contribution in [2.45, 2.75) is 6.92 Å². The van der Waals surface area contributed by atoms with Gasteiger partial charge in [-0.1, -0.05) is 24.3 Å². The number of rotatable bonds is 1.